The number of benzene rings is 1. The number of rotatable bonds is 5. The van der Waals surface area contributed by atoms with E-state index in [-0.39, 0.29) is 6.10 Å². The van der Waals surface area contributed by atoms with Crippen molar-refractivity contribution < 1.29 is 4.74 Å². The van der Waals surface area contributed by atoms with Gasteiger partial charge in [-0.2, -0.15) is 11.8 Å². The quantitative estimate of drug-likeness (QED) is 0.863. The summed E-state index contributed by atoms with van der Waals surface area (Å²) in [6.45, 7) is 4.25. The Morgan fingerprint density at radius 1 is 1.50 bits per heavy atom. The van der Waals surface area contributed by atoms with Gasteiger partial charge in [0.1, 0.15) is 5.75 Å². The van der Waals surface area contributed by atoms with Crippen molar-refractivity contribution in [1.82, 2.24) is 0 Å². The maximum atomic E-state index is 5.85. The Balaban J connectivity index is 1.93. The van der Waals surface area contributed by atoms with Crippen LogP contribution in [0.25, 0.3) is 0 Å². The first-order valence-electron chi connectivity index (χ1n) is 6.89. The topological polar surface area (TPSA) is 21.3 Å². The third-order valence-electron chi connectivity index (χ3n) is 3.28. The van der Waals surface area contributed by atoms with Crippen LogP contribution in [0.15, 0.2) is 24.3 Å². The summed E-state index contributed by atoms with van der Waals surface area (Å²) in [5.74, 6) is 3.50. The van der Waals surface area contributed by atoms with Gasteiger partial charge in [-0.1, -0.05) is 13.0 Å². The predicted octanol–water partition coefficient (Wildman–Crippen LogP) is 4.17. The molecule has 0 radical (unpaired) electrons. The van der Waals surface area contributed by atoms with E-state index in [2.05, 4.69) is 37.4 Å². The Kier molecular flexibility index (Phi) is 5.24. The molecule has 0 bridgehead atoms. The second-order valence-corrected chi connectivity index (χ2v) is 6.07. The Labute approximate surface area is 114 Å². The van der Waals surface area contributed by atoms with E-state index in [1.165, 1.54) is 30.0 Å². The fourth-order valence-electron chi connectivity index (χ4n) is 2.07. The fourth-order valence-corrected chi connectivity index (χ4v) is 3.14. The summed E-state index contributed by atoms with van der Waals surface area (Å²) >= 11 is 2.05. The molecule has 0 amide bonds. The molecule has 2 atom stereocenters. The molecule has 2 unspecified atom stereocenters. The molecule has 1 N–H and O–H groups in total. The van der Waals surface area contributed by atoms with Crippen molar-refractivity contribution in [2.45, 2.75) is 45.3 Å². The van der Waals surface area contributed by atoms with Crippen molar-refractivity contribution in [3.63, 3.8) is 0 Å². The van der Waals surface area contributed by atoms with E-state index in [0.29, 0.717) is 6.04 Å². The summed E-state index contributed by atoms with van der Waals surface area (Å²) in [6, 6.07) is 8.96. The van der Waals surface area contributed by atoms with Crippen LogP contribution in [0.5, 0.6) is 5.75 Å². The molecule has 1 aliphatic heterocycles. The average Bonchev–Trinajstić information content (AvgIpc) is 2.40. The number of nitrogens with one attached hydrogen (secondary N) is 1. The minimum atomic E-state index is 0.283. The number of anilines is 1. The maximum Gasteiger partial charge on any atom is 0.121 e. The van der Waals surface area contributed by atoms with Gasteiger partial charge in [-0.05, 0) is 44.1 Å². The number of hydrogen-bond donors (Lipinski definition) is 1. The summed E-state index contributed by atoms with van der Waals surface area (Å²) in [6.07, 6.45) is 3.93. The maximum absolute atomic E-state index is 5.85. The van der Waals surface area contributed by atoms with Crippen LogP contribution in [-0.4, -0.2) is 23.7 Å². The fraction of sp³-hybridized carbons (Fsp3) is 0.600. The highest BCUT2D eigenvalue weighted by molar-refractivity contribution is 7.99. The first kappa shape index (κ1) is 13.6. The lowest BCUT2D eigenvalue weighted by Gasteiger charge is -2.24. The van der Waals surface area contributed by atoms with Crippen molar-refractivity contribution in [2.75, 3.05) is 16.8 Å². The molecule has 1 saturated heterocycles. The van der Waals surface area contributed by atoms with Gasteiger partial charge < -0.3 is 10.1 Å². The second-order valence-electron chi connectivity index (χ2n) is 4.92. The number of thioether (sulfide) groups is 1. The molecule has 2 rings (SSSR count). The molecule has 3 heteroatoms. The molecule has 0 aliphatic carbocycles. The Bertz CT molecular complexity index is 363. The summed E-state index contributed by atoms with van der Waals surface area (Å²) in [5, 5.41) is 3.61. The van der Waals surface area contributed by atoms with Crippen LogP contribution in [0.2, 0.25) is 0 Å². The van der Waals surface area contributed by atoms with Gasteiger partial charge in [0.2, 0.25) is 0 Å². The van der Waals surface area contributed by atoms with Crippen LogP contribution < -0.4 is 10.1 Å². The van der Waals surface area contributed by atoms with Crippen LogP contribution in [0, 0.1) is 0 Å². The SMILES string of the molecule is CCC(C)Oc1cccc(NC2CCCSC2)c1. The van der Waals surface area contributed by atoms with Gasteiger partial charge in [0, 0.05) is 23.5 Å². The first-order valence-corrected chi connectivity index (χ1v) is 8.04. The molecule has 100 valence electrons. The highest BCUT2D eigenvalue weighted by Crippen LogP contribution is 2.24. The van der Waals surface area contributed by atoms with Crippen molar-refractivity contribution in [3.8, 4) is 5.75 Å². The Morgan fingerprint density at radius 3 is 3.11 bits per heavy atom. The molecule has 18 heavy (non-hydrogen) atoms. The van der Waals surface area contributed by atoms with Gasteiger partial charge in [-0.15, -0.1) is 0 Å². The zero-order chi connectivity index (χ0) is 12.8. The van der Waals surface area contributed by atoms with Crippen molar-refractivity contribution in [1.29, 1.82) is 0 Å². The lowest BCUT2D eigenvalue weighted by Crippen LogP contribution is -2.25. The molecule has 1 aliphatic rings. The highest BCUT2D eigenvalue weighted by atomic mass is 32.2. The smallest absolute Gasteiger partial charge is 0.121 e. The van der Waals surface area contributed by atoms with Crippen molar-refractivity contribution in [3.05, 3.63) is 24.3 Å². The first-order chi connectivity index (χ1) is 8.78. The van der Waals surface area contributed by atoms with Crippen LogP contribution in [0.4, 0.5) is 5.69 Å². The molecular formula is C15H23NOS. The van der Waals surface area contributed by atoms with Crippen molar-refractivity contribution >= 4 is 17.4 Å². The van der Waals surface area contributed by atoms with E-state index in [1.54, 1.807) is 0 Å². The molecule has 0 saturated carbocycles. The Morgan fingerprint density at radius 2 is 2.39 bits per heavy atom. The molecular weight excluding hydrogens is 242 g/mol. The van der Waals surface area contributed by atoms with Gasteiger partial charge in [-0.25, -0.2) is 0 Å². The third-order valence-corrected chi connectivity index (χ3v) is 4.49. The third kappa shape index (κ3) is 4.13. The molecule has 1 aromatic rings. The van der Waals surface area contributed by atoms with E-state index in [4.69, 9.17) is 4.74 Å². The zero-order valence-corrected chi connectivity index (χ0v) is 12.1. The standard InChI is InChI=1S/C15H23NOS/c1-3-12(2)17-15-8-4-6-13(10-15)16-14-7-5-9-18-11-14/h4,6,8,10,12,14,16H,3,5,7,9,11H2,1-2H3. The lowest BCUT2D eigenvalue weighted by atomic mass is 10.1. The second kappa shape index (κ2) is 6.93. The molecule has 0 spiro atoms. The van der Waals surface area contributed by atoms with Crippen LogP contribution in [0.1, 0.15) is 33.1 Å². The van der Waals surface area contributed by atoms with Gasteiger partial charge in [0.25, 0.3) is 0 Å². The molecule has 1 heterocycles. The lowest BCUT2D eigenvalue weighted by molar-refractivity contribution is 0.217. The van der Waals surface area contributed by atoms with E-state index in [9.17, 15) is 0 Å². The summed E-state index contributed by atoms with van der Waals surface area (Å²) < 4.78 is 5.85. The summed E-state index contributed by atoms with van der Waals surface area (Å²) in [7, 11) is 0. The predicted molar refractivity (Wildman–Crippen MR) is 80.8 cm³/mol. The van der Waals surface area contributed by atoms with Crippen LogP contribution in [-0.2, 0) is 0 Å². The van der Waals surface area contributed by atoms with Crippen LogP contribution >= 0.6 is 11.8 Å². The largest absolute Gasteiger partial charge is 0.491 e. The molecule has 0 aromatic heterocycles. The van der Waals surface area contributed by atoms with Gasteiger partial charge in [0.15, 0.2) is 0 Å². The number of ether oxygens (including phenoxy) is 1. The average molecular weight is 265 g/mol. The minimum absolute atomic E-state index is 0.283. The summed E-state index contributed by atoms with van der Waals surface area (Å²) in [5.41, 5.74) is 1.18. The van der Waals surface area contributed by atoms with E-state index in [0.717, 1.165) is 12.2 Å². The van der Waals surface area contributed by atoms with Gasteiger partial charge >= 0.3 is 0 Å². The van der Waals surface area contributed by atoms with Gasteiger partial charge in [-0.3, -0.25) is 0 Å². The molecule has 2 nitrogen and oxygen atoms in total. The Hall–Kier alpha value is -0.830. The normalized spacial score (nSPS) is 21.3. The molecule has 1 aromatic carbocycles. The van der Waals surface area contributed by atoms with Crippen LogP contribution in [0.3, 0.4) is 0 Å². The summed E-state index contributed by atoms with van der Waals surface area (Å²) in [4.78, 5) is 0. The monoisotopic (exact) mass is 265 g/mol. The van der Waals surface area contributed by atoms with Gasteiger partial charge in [0.05, 0.1) is 6.10 Å². The zero-order valence-electron chi connectivity index (χ0n) is 11.3. The van der Waals surface area contributed by atoms with E-state index < -0.39 is 0 Å². The molecule has 1 fully saturated rings. The highest BCUT2D eigenvalue weighted by Gasteiger charge is 2.13. The van der Waals surface area contributed by atoms with E-state index in [1.807, 2.05) is 17.8 Å². The van der Waals surface area contributed by atoms with E-state index >= 15 is 0 Å². The number of hydrogen-bond acceptors (Lipinski definition) is 3. The minimum Gasteiger partial charge on any atom is -0.491 e. The van der Waals surface area contributed by atoms with Crippen molar-refractivity contribution in [2.24, 2.45) is 0 Å².